The lowest BCUT2D eigenvalue weighted by atomic mass is 9.97. The standard InChI is InChI=1S/C12H24N2O2/c1-8(2)7-10(13)9(3)14(11(15)16)12(4,5)6/h9-10H,1,7,13H2,2-6H3,(H,15,16)/t9-,10-/m0/s1. The van der Waals surface area contributed by atoms with Gasteiger partial charge in [-0.3, -0.25) is 4.90 Å². The Kier molecular flexibility index (Phi) is 5.00. The number of carboxylic acid groups (broad SMARTS) is 1. The second-order valence-corrected chi connectivity index (χ2v) is 5.39. The molecule has 0 bridgehead atoms. The zero-order chi connectivity index (χ0) is 13.1. The third-order valence-corrected chi connectivity index (χ3v) is 2.54. The molecule has 0 rings (SSSR count). The third kappa shape index (κ3) is 4.23. The molecular formula is C12H24N2O2. The summed E-state index contributed by atoms with van der Waals surface area (Å²) >= 11 is 0. The summed E-state index contributed by atoms with van der Waals surface area (Å²) < 4.78 is 0. The lowest BCUT2D eigenvalue weighted by Crippen LogP contribution is -2.56. The van der Waals surface area contributed by atoms with Crippen LogP contribution in [0.15, 0.2) is 12.2 Å². The highest BCUT2D eigenvalue weighted by Crippen LogP contribution is 2.20. The molecule has 2 atom stereocenters. The Bertz CT molecular complexity index is 269. The van der Waals surface area contributed by atoms with Crippen LogP contribution in [0.2, 0.25) is 0 Å². The van der Waals surface area contributed by atoms with E-state index in [1.165, 1.54) is 4.90 Å². The van der Waals surface area contributed by atoms with E-state index in [2.05, 4.69) is 6.58 Å². The highest BCUT2D eigenvalue weighted by Gasteiger charge is 2.33. The quantitative estimate of drug-likeness (QED) is 0.726. The van der Waals surface area contributed by atoms with Gasteiger partial charge in [-0.2, -0.15) is 0 Å². The first-order chi connectivity index (χ1) is 7.07. The van der Waals surface area contributed by atoms with E-state index in [1.807, 2.05) is 34.6 Å². The van der Waals surface area contributed by atoms with Crippen molar-refractivity contribution in [2.45, 2.75) is 58.7 Å². The summed E-state index contributed by atoms with van der Waals surface area (Å²) in [5.74, 6) is 0. The Morgan fingerprint density at radius 3 is 2.19 bits per heavy atom. The Balaban J connectivity index is 4.82. The topological polar surface area (TPSA) is 66.6 Å². The average Bonchev–Trinajstić information content (AvgIpc) is 1.98. The second kappa shape index (κ2) is 5.34. The molecule has 0 aromatic rings. The van der Waals surface area contributed by atoms with E-state index in [9.17, 15) is 9.90 Å². The van der Waals surface area contributed by atoms with Crippen molar-refractivity contribution in [3.05, 3.63) is 12.2 Å². The van der Waals surface area contributed by atoms with Gasteiger partial charge in [-0.15, -0.1) is 6.58 Å². The maximum absolute atomic E-state index is 11.2. The number of nitrogens with two attached hydrogens (primary N) is 1. The SMILES string of the molecule is C=C(C)C[C@H](N)[C@H](C)N(C(=O)O)C(C)(C)C. The van der Waals surface area contributed by atoms with Crippen molar-refractivity contribution in [2.24, 2.45) is 5.73 Å². The highest BCUT2D eigenvalue weighted by atomic mass is 16.4. The monoisotopic (exact) mass is 228 g/mol. The van der Waals surface area contributed by atoms with Crippen molar-refractivity contribution in [1.82, 2.24) is 4.90 Å². The van der Waals surface area contributed by atoms with Crippen molar-refractivity contribution < 1.29 is 9.90 Å². The Morgan fingerprint density at radius 1 is 1.50 bits per heavy atom. The van der Waals surface area contributed by atoms with E-state index in [4.69, 9.17) is 5.73 Å². The number of hydrogen-bond acceptors (Lipinski definition) is 2. The number of carbonyl (C=O) groups is 1. The van der Waals surface area contributed by atoms with Gasteiger partial charge < -0.3 is 10.8 Å². The molecule has 94 valence electrons. The van der Waals surface area contributed by atoms with E-state index in [0.717, 1.165) is 5.57 Å². The lowest BCUT2D eigenvalue weighted by molar-refractivity contribution is 0.0671. The first-order valence-corrected chi connectivity index (χ1v) is 5.49. The summed E-state index contributed by atoms with van der Waals surface area (Å²) in [6.07, 6.45) is -0.293. The molecule has 0 unspecified atom stereocenters. The van der Waals surface area contributed by atoms with Gasteiger partial charge in [-0.1, -0.05) is 5.57 Å². The first-order valence-electron chi connectivity index (χ1n) is 5.49. The largest absolute Gasteiger partial charge is 0.465 e. The molecule has 0 aromatic carbocycles. The predicted molar refractivity (Wildman–Crippen MR) is 66.5 cm³/mol. The minimum absolute atomic E-state index is 0.215. The van der Waals surface area contributed by atoms with Gasteiger partial charge in [0.15, 0.2) is 0 Å². The van der Waals surface area contributed by atoms with E-state index in [1.54, 1.807) is 0 Å². The number of nitrogens with zero attached hydrogens (tertiary/aromatic N) is 1. The van der Waals surface area contributed by atoms with E-state index in [-0.39, 0.29) is 12.1 Å². The molecule has 4 nitrogen and oxygen atoms in total. The first kappa shape index (κ1) is 15.0. The van der Waals surface area contributed by atoms with Crippen LogP contribution in [0.1, 0.15) is 41.0 Å². The normalized spacial score (nSPS) is 15.4. The molecule has 3 N–H and O–H groups in total. The Hall–Kier alpha value is -1.03. The van der Waals surface area contributed by atoms with Crippen LogP contribution in [-0.2, 0) is 0 Å². The van der Waals surface area contributed by atoms with Crippen LogP contribution >= 0.6 is 0 Å². The molecule has 0 heterocycles. The van der Waals surface area contributed by atoms with Gasteiger partial charge in [0, 0.05) is 17.6 Å². The molecule has 0 aromatic heterocycles. The van der Waals surface area contributed by atoms with Gasteiger partial charge in [-0.25, -0.2) is 4.79 Å². The van der Waals surface area contributed by atoms with Crippen molar-refractivity contribution in [3.8, 4) is 0 Å². The summed E-state index contributed by atoms with van der Waals surface area (Å²) in [5, 5.41) is 9.21. The van der Waals surface area contributed by atoms with Crippen molar-refractivity contribution in [2.75, 3.05) is 0 Å². The minimum Gasteiger partial charge on any atom is -0.465 e. The van der Waals surface area contributed by atoms with E-state index in [0.29, 0.717) is 6.42 Å². The molecule has 16 heavy (non-hydrogen) atoms. The summed E-state index contributed by atoms with van der Waals surface area (Å²) in [4.78, 5) is 12.6. The zero-order valence-corrected chi connectivity index (χ0v) is 10.9. The summed E-state index contributed by atoms with van der Waals surface area (Å²) in [6.45, 7) is 13.1. The molecule has 0 fully saturated rings. The van der Waals surface area contributed by atoms with Gasteiger partial charge >= 0.3 is 6.09 Å². The van der Waals surface area contributed by atoms with E-state index < -0.39 is 11.6 Å². The third-order valence-electron chi connectivity index (χ3n) is 2.54. The maximum Gasteiger partial charge on any atom is 0.408 e. The van der Waals surface area contributed by atoms with Crippen LogP contribution < -0.4 is 5.73 Å². The molecule has 0 saturated carbocycles. The van der Waals surface area contributed by atoms with Crippen molar-refractivity contribution >= 4 is 6.09 Å². The van der Waals surface area contributed by atoms with Gasteiger partial charge in [-0.05, 0) is 41.0 Å². The molecule has 0 saturated heterocycles. The second-order valence-electron chi connectivity index (χ2n) is 5.39. The Labute approximate surface area is 98.1 Å². The molecule has 0 spiro atoms. The van der Waals surface area contributed by atoms with Crippen molar-refractivity contribution in [3.63, 3.8) is 0 Å². The van der Waals surface area contributed by atoms with Crippen LogP contribution in [0.3, 0.4) is 0 Å². The fourth-order valence-electron chi connectivity index (χ4n) is 1.84. The van der Waals surface area contributed by atoms with Crippen LogP contribution in [0.25, 0.3) is 0 Å². The molecule has 0 aliphatic rings. The van der Waals surface area contributed by atoms with E-state index >= 15 is 0 Å². The zero-order valence-electron chi connectivity index (χ0n) is 10.9. The molecule has 0 aliphatic heterocycles. The lowest BCUT2D eigenvalue weighted by Gasteiger charge is -2.40. The number of amides is 1. The fourth-order valence-corrected chi connectivity index (χ4v) is 1.84. The fraction of sp³-hybridized carbons (Fsp3) is 0.750. The molecular weight excluding hydrogens is 204 g/mol. The average molecular weight is 228 g/mol. The molecule has 4 heteroatoms. The van der Waals surface area contributed by atoms with Gasteiger partial charge in [0.05, 0.1) is 0 Å². The Morgan fingerprint density at radius 2 is 1.94 bits per heavy atom. The summed E-state index contributed by atoms with van der Waals surface area (Å²) in [7, 11) is 0. The van der Waals surface area contributed by atoms with Crippen LogP contribution in [0, 0.1) is 0 Å². The van der Waals surface area contributed by atoms with Crippen LogP contribution in [0.5, 0.6) is 0 Å². The highest BCUT2D eigenvalue weighted by molar-refractivity contribution is 5.66. The summed E-state index contributed by atoms with van der Waals surface area (Å²) in [6, 6.07) is -0.443. The van der Waals surface area contributed by atoms with Crippen LogP contribution in [0.4, 0.5) is 4.79 Å². The predicted octanol–water partition coefficient (Wildman–Crippen LogP) is 2.45. The van der Waals surface area contributed by atoms with Crippen molar-refractivity contribution in [1.29, 1.82) is 0 Å². The summed E-state index contributed by atoms with van der Waals surface area (Å²) in [5.41, 5.74) is 6.51. The number of hydrogen-bond donors (Lipinski definition) is 2. The van der Waals surface area contributed by atoms with Gasteiger partial charge in [0.1, 0.15) is 0 Å². The van der Waals surface area contributed by atoms with Crippen LogP contribution in [-0.4, -0.2) is 33.7 Å². The number of rotatable bonds is 4. The van der Waals surface area contributed by atoms with Gasteiger partial charge in [0.25, 0.3) is 0 Å². The minimum atomic E-state index is -0.933. The molecule has 1 amide bonds. The smallest absolute Gasteiger partial charge is 0.408 e. The van der Waals surface area contributed by atoms with Gasteiger partial charge in [0.2, 0.25) is 0 Å². The maximum atomic E-state index is 11.2. The molecule has 0 radical (unpaired) electrons. The molecule has 0 aliphatic carbocycles.